The molecule has 1 aromatic heterocycles. The van der Waals surface area contributed by atoms with Gasteiger partial charge in [0, 0.05) is 24.7 Å². The van der Waals surface area contributed by atoms with E-state index in [9.17, 15) is 9.59 Å². The summed E-state index contributed by atoms with van der Waals surface area (Å²) in [6, 6.07) is 13.6. The summed E-state index contributed by atoms with van der Waals surface area (Å²) in [7, 11) is 1.62. The third-order valence-corrected chi connectivity index (χ3v) is 6.43. The zero-order valence-corrected chi connectivity index (χ0v) is 18.6. The van der Waals surface area contributed by atoms with Gasteiger partial charge in [-0.1, -0.05) is 12.1 Å². The van der Waals surface area contributed by atoms with E-state index in [0.29, 0.717) is 10.7 Å². The molecule has 0 fully saturated rings. The SMILES string of the molecule is CCOC(=O)c1nc(-c2ccc3c(c2)N(C(C)=O)CCC3)sc1-c1ccc(OC)cc1. The van der Waals surface area contributed by atoms with Crippen molar-refractivity contribution in [3.05, 3.63) is 53.7 Å². The van der Waals surface area contributed by atoms with E-state index >= 15 is 0 Å². The number of methoxy groups -OCH3 is 1. The van der Waals surface area contributed by atoms with Crippen molar-refractivity contribution in [2.45, 2.75) is 26.7 Å². The molecule has 4 rings (SSSR count). The molecule has 2 aromatic carbocycles. The summed E-state index contributed by atoms with van der Waals surface area (Å²) in [6.07, 6.45) is 1.90. The van der Waals surface area contributed by atoms with Gasteiger partial charge in [0.2, 0.25) is 5.91 Å². The smallest absolute Gasteiger partial charge is 0.358 e. The normalized spacial score (nSPS) is 12.9. The summed E-state index contributed by atoms with van der Waals surface area (Å²) in [5, 5.41) is 0.714. The fourth-order valence-corrected chi connectivity index (χ4v) is 4.81. The minimum atomic E-state index is -0.445. The van der Waals surface area contributed by atoms with Crippen LogP contribution in [0.1, 0.15) is 36.3 Å². The van der Waals surface area contributed by atoms with Crippen LogP contribution in [0.2, 0.25) is 0 Å². The highest BCUT2D eigenvalue weighted by Crippen LogP contribution is 2.39. The average Bonchev–Trinajstić information content (AvgIpc) is 3.24. The summed E-state index contributed by atoms with van der Waals surface area (Å²) in [5.41, 5.74) is 4.13. The van der Waals surface area contributed by atoms with Gasteiger partial charge >= 0.3 is 5.97 Å². The van der Waals surface area contributed by atoms with Crippen LogP contribution in [-0.4, -0.2) is 37.1 Å². The van der Waals surface area contributed by atoms with E-state index < -0.39 is 5.97 Å². The van der Waals surface area contributed by atoms with Gasteiger partial charge in [-0.15, -0.1) is 11.3 Å². The van der Waals surface area contributed by atoms with Crippen LogP contribution < -0.4 is 9.64 Å². The highest BCUT2D eigenvalue weighted by molar-refractivity contribution is 7.18. The molecule has 7 heteroatoms. The van der Waals surface area contributed by atoms with Crippen molar-refractivity contribution in [1.82, 2.24) is 4.98 Å². The monoisotopic (exact) mass is 436 g/mol. The van der Waals surface area contributed by atoms with Crippen LogP contribution in [0, 0.1) is 0 Å². The molecule has 0 atom stereocenters. The number of nitrogens with zero attached hydrogens (tertiary/aromatic N) is 2. The number of amides is 1. The van der Waals surface area contributed by atoms with E-state index in [-0.39, 0.29) is 12.5 Å². The Kier molecular flexibility index (Phi) is 6.04. The van der Waals surface area contributed by atoms with E-state index in [1.807, 2.05) is 41.3 Å². The Morgan fingerprint density at radius 3 is 2.55 bits per heavy atom. The minimum absolute atomic E-state index is 0.0309. The molecule has 1 aliphatic rings. The van der Waals surface area contributed by atoms with E-state index in [4.69, 9.17) is 9.47 Å². The third-order valence-electron chi connectivity index (χ3n) is 5.28. The first-order valence-electron chi connectivity index (χ1n) is 10.3. The molecule has 1 amide bonds. The fraction of sp³-hybridized carbons (Fsp3) is 0.292. The van der Waals surface area contributed by atoms with Crippen LogP contribution in [0.5, 0.6) is 5.75 Å². The molecule has 1 aliphatic heterocycles. The highest BCUT2D eigenvalue weighted by atomic mass is 32.1. The molecular weight excluding hydrogens is 412 g/mol. The van der Waals surface area contributed by atoms with E-state index in [2.05, 4.69) is 11.1 Å². The Morgan fingerprint density at radius 2 is 1.87 bits per heavy atom. The van der Waals surface area contributed by atoms with Gasteiger partial charge in [0.1, 0.15) is 10.8 Å². The molecule has 6 nitrogen and oxygen atoms in total. The Hall–Kier alpha value is -3.19. The predicted molar refractivity (Wildman–Crippen MR) is 122 cm³/mol. The van der Waals surface area contributed by atoms with Gasteiger partial charge in [-0.25, -0.2) is 9.78 Å². The molecular formula is C24H24N2O4S. The minimum Gasteiger partial charge on any atom is -0.497 e. The molecule has 0 unspecified atom stereocenters. The number of aryl methyl sites for hydroxylation is 1. The standard InChI is InChI=1S/C24H24N2O4S/c1-4-30-24(28)21-22(17-9-11-19(29-3)12-10-17)31-23(25-21)18-8-7-16-6-5-13-26(15(2)27)20(16)14-18/h7-12,14H,4-6,13H2,1-3H3. The summed E-state index contributed by atoms with van der Waals surface area (Å²) in [6.45, 7) is 4.36. The van der Waals surface area contributed by atoms with E-state index in [1.165, 1.54) is 11.3 Å². The van der Waals surface area contributed by atoms with Crippen LogP contribution >= 0.6 is 11.3 Å². The highest BCUT2D eigenvalue weighted by Gasteiger charge is 2.24. The first-order chi connectivity index (χ1) is 15.0. The van der Waals surface area contributed by atoms with Crippen molar-refractivity contribution >= 4 is 28.9 Å². The maximum atomic E-state index is 12.6. The van der Waals surface area contributed by atoms with Gasteiger partial charge in [-0.2, -0.15) is 0 Å². The van der Waals surface area contributed by atoms with Gasteiger partial charge in [0.15, 0.2) is 5.69 Å². The van der Waals surface area contributed by atoms with Crippen molar-refractivity contribution < 1.29 is 19.1 Å². The zero-order chi connectivity index (χ0) is 22.0. The average molecular weight is 437 g/mol. The number of carbonyl (C=O) groups excluding carboxylic acids is 2. The summed E-state index contributed by atoms with van der Waals surface area (Å²) in [5.74, 6) is 0.327. The van der Waals surface area contributed by atoms with Crippen molar-refractivity contribution in [3.8, 4) is 26.8 Å². The third kappa shape index (κ3) is 4.18. The lowest BCUT2D eigenvalue weighted by Gasteiger charge is -2.28. The van der Waals surface area contributed by atoms with Crippen LogP contribution in [0.25, 0.3) is 21.0 Å². The molecule has 3 aromatic rings. The molecule has 0 saturated carbocycles. The van der Waals surface area contributed by atoms with Crippen LogP contribution in [0.15, 0.2) is 42.5 Å². The van der Waals surface area contributed by atoms with Gasteiger partial charge in [-0.3, -0.25) is 4.79 Å². The largest absolute Gasteiger partial charge is 0.497 e. The molecule has 0 radical (unpaired) electrons. The number of anilines is 1. The Morgan fingerprint density at radius 1 is 1.13 bits per heavy atom. The Labute approximate surface area is 185 Å². The number of hydrogen-bond acceptors (Lipinski definition) is 6. The first kappa shape index (κ1) is 21.1. The summed E-state index contributed by atoms with van der Waals surface area (Å²) >= 11 is 1.44. The number of esters is 1. The lowest BCUT2D eigenvalue weighted by atomic mass is 9.99. The topological polar surface area (TPSA) is 68.7 Å². The second-order valence-corrected chi connectivity index (χ2v) is 8.26. The maximum Gasteiger partial charge on any atom is 0.358 e. The van der Waals surface area contributed by atoms with Crippen molar-refractivity contribution in [2.24, 2.45) is 0 Å². The number of aromatic nitrogens is 1. The molecule has 0 spiro atoms. The Balaban J connectivity index is 1.79. The lowest BCUT2D eigenvalue weighted by molar-refractivity contribution is -0.116. The second kappa shape index (κ2) is 8.89. The fourth-order valence-electron chi connectivity index (χ4n) is 3.75. The van der Waals surface area contributed by atoms with Crippen LogP contribution in [-0.2, 0) is 16.0 Å². The number of benzene rings is 2. The molecule has 0 bridgehead atoms. The van der Waals surface area contributed by atoms with Gasteiger partial charge in [-0.05, 0) is 61.2 Å². The molecule has 0 N–H and O–H groups in total. The number of fused-ring (bicyclic) bond motifs is 1. The van der Waals surface area contributed by atoms with Crippen molar-refractivity contribution in [3.63, 3.8) is 0 Å². The molecule has 0 aliphatic carbocycles. The first-order valence-corrected chi connectivity index (χ1v) is 11.1. The second-order valence-electron chi connectivity index (χ2n) is 7.26. The van der Waals surface area contributed by atoms with Crippen molar-refractivity contribution in [1.29, 1.82) is 0 Å². The summed E-state index contributed by atoms with van der Waals surface area (Å²) < 4.78 is 10.5. The molecule has 0 saturated heterocycles. The number of carbonyl (C=O) groups is 2. The zero-order valence-electron chi connectivity index (χ0n) is 17.8. The van der Waals surface area contributed by atoms with Crippen LogP contribution in [0.4, 0.5) is 5.69 Å². The van der Waals surface area contributed by atoms with Gasteiger partial charge in [0.25, 0.3) is 0 Å². The predicted octanol–water partition coefficient (Wildman–Crippen LogP) is 4.96. The van der Waals surface area contributed by atoms with Crippen LogP contribution in [0.3, 0.4) is 0 Å². The number of thiazole rings is 1. The molecule has 160 valence electrons. The quantitative estimate of drug-likeness (QED) is 0.529. The molecule has 2 heterocycles. The molecule has 31 heavy (non-hydrogen) atoms. The van der Waals surface area contributed by atoms with Gasteiger partial charge in [0.05, 0.1) is 18.6 Å². The number of ether oxygens (including phenoxy) is 2. The number of rotatable bonds is 5. The lowest BCUT2D eigenvalue weighted by Crippen LogP contribution is -2.33. The Bertz CT molecular complexity index is 1120. The van der Waals surface area contributed by atoms with Crippen molar-refractivity contribution in [2.75, 3.05) is 25.2 Å². The van der Waals surface area contributed by atoms with E-state index in [0.717, 1.165) is 52.4 Å². The van der Waals surface area contributed by atoms with Gasteiger partial charge < -0.3 is 14.4 Å². The summed E-state index contributed by atoms with van der Waals surface area (Å²) in [4.78, 5) is 31.9. The maximum absolute atomic E-state index is 12.6. The number of hydrogen-bond donors (Lipinski definition) is 0. The van der Waals surface area contributed by atoms with E-state index in [1.54, 1.807) is 21.0 Å².